The third kappa shape index (κ3) is 11.1. The molecule has 50 heavy (non-hydrogen) atoms. The standard InChI is InChI=1S/C41H47N3O6/c1-43(33-19-23-36(49-3)24-20-33)40(47)32(27-30-13-7-5-8-14-30)29-35(45)17-11-12-18-39(46)42-38(28-31-15-9-6-10-16-31)41(48)44(2)34-21-25-37(50-4)26-22-34/h5-10,13-16,19-26,32,38H,11-12,17-18,27-29H2,1-4H3,(H,42,46)/t32-,38+/m1/s1. The van der Waals surface area contributed by atoms with Gasteiger partial charge in [-0.05, 0) is 78.9 Å². The molecule has 0 unspecified atom stereocenters. The first-order valence-electron chi connectivity index (χ1n) is 16.9. The number of carbonyl (C=O) groups is 4. The van der Waals surface area contributed by atoms with E-state index in [1.165, 1.54) is 4.90 Å². The lowest BCUT2D eigenvalue weighted by atomic mass is 9.91. The quantitative estimate of drug-likeness (QED) is 0.122. The van der Waals surface area contributed by atoms with E-state index in [0.29, 0.717) is 48.6 Å². The number of rotatable bonds is 18. The first kappa shape index (κ1) is 37.4. The molecule has 4 aromatic carbocycles. The highest BCUT2D eigenvalue weighted by molar-refractivity contribution is 5.99. The molecule has 3 amide bonds. The third-order valence-electron chi connectivity index (χ3n) is 8.75. The number of benzene rings is 4. The number of ether oxygens (including phenoxy) is 2. The van der Waals surface area contributed by atoms with Gasteiger partial charge in [0.15, 0.2) is 0 Å². The summed E-state index contributed by atoms with van der Waals surface area (Å²) in [5.41, 5.74) is 3.31. The van der Waals surface area contributed by atoms with Crippen molar-refractivity contribution in [1.82, 2.24) is 5.32 Å². The van der Waals surface area contributed by atoms with Crippen LogP contribution < -0.4 is 24.6 Å². The van der Waals surface area contributed by atoms with E-state index in [-0.39, 0.29) is 42.8 Å². The second-order valence-electron chi connectivity index (χ2n) is 12.3. The predicted molar refractivity (Wildman–Crippen MR) is 197 cm³/mol. The summed E-state index contributed by atoms with van der Waals surface area (Å²) in [6.45, 7) is 0. The van der Waals surface area contributed by atoms with Gasteiger partial charge in [0.2, 0.25) is 17.7 Å². The lowest BCUT2D eigenvalue weighted by molar-refractivity contribution is -0.128. The molecule has 0 saturated carbocycles. The van der Waals surface area contributed by atoms with E-state index in [1.807, 2.05) is 72.8 Å². The summed E-state index contributed by atoms with van der Waals surface area (Å²) in [7, 11) is 6.57. The maximum absolute atomic E-state index is 13.7. The predicted octanol–water partition coefficient (Wildman–Crippen LogP) is 6.44. The number of likely N-dealkylation sites (N-methyl/N-ethyl adjacent to an activating group) is 1. The van der Waals surface area contributed by atoms with Crippen molar-refractivity contribution >= 4 is 34.9 Å². The number of nitrogens with zero attached hydrogens (tertiary/aromatic N) is 2. The van der Waals surface area contributed by atoms with Crippen molar-refractivity contribution in [3.05, 3.63) is 120 Å². The van der Waals surface area contributed by atoms with E-state index in [9.17, 15) is 19.2 Å². The largest absolute Gasteiger partial charge is 0.497 e. The minimum absolute atomic E-state index is 0.0268. The molecule has 0 radical (unpaired) electrons. The van der Waals surface area contributed by atoms with Crippen molar-refractivity contribution in [2.45, 2.75) is 51.0 Å². The summed E-state index contributed by atoms with van der Waals surface area (Å²) in [5.74, 6) is 0.179. The van der Waals surface area contributed by atoms with Crippen molar-refractivity contribution < 1.29 is 28.7 Å². The number of unbranched alkanes of at least 4 members (excludes halogenated alkanes) is 1. The molecule has 0 saturated heterocycles. The molecule has 4 aromatic rings. The fraction of sp³-hybridized carbons (Fsp3) is 0.317. The maximum Gasteiger partial charge on any atom is 0.249 e. The van der Waals surface area contributed by atoms with Crippen LogP contribution in [-0.2, 0) is 32.0 Å². The molecule has 0 aliphatic rings. The molecule has 0 aromatic heterocycles. The molecule has 9 heteroatoms. The van der Waals surface area contributed by atoms with Crippen molar-refractivity contribution in [2.24, 2.45) is 5.92 Å². The Bertz CT molecular complexity index is 1550. The Morgan fingerprint density at radius 2 is 1.06 bits per heavy atom. The number of methoxy groups -OCH3 is 2. The number of Topliss-reactive ketones (excluding diaryl/α,β-unsaturated/α-hetero) is 1. The number of ketones is 1. The number of hydrogen-bond acceptors (Lipinski definition) is 6. The van der Waals surface area contributed by atoms with E-state index >= 15 is 0 Å². The van der Waals surface area contributed by atoms with Gasteiger partial charge in [-0.15, -0.1) is 0 Å². The van der Waals surface area contributed by atoms with Gasteiger partial charge in [-0.25, -0.2) is 0 Å². The van der Waals surface area contributed by atoms with E-state index < -0.39 is 12.0 Å². The topological polar surface area (TPSA) is 105 Å². The summed E-state index contributed by atoms with van der Waals surface area (Å²) < 4.78 is 10.5. The number of nitrogens with one attached hydrogen (secondary N) is 1. The Morgan fingerprint density at radius 1 is 0.600 bits per heavy atom. The highest BCUT2D eigenvalue weighted by atomic mass is 16.5. The summed E-state index contributed by atoms with van der Waals surface area (Å²) in [6.07, 6.45) is 2.28. The van der Waals surface area contributed by atoms with Crippen molar-refractivity contribution in [1.29, 1.82) is 0 Å². The molecule has 4 rings (SSSR count). The summed E-state index contributed by atoms with van der Waals surface area (Å²) in [4.78, 5) is 56.7. The van der Waals surface area contributed by atoms with E-state index in [2.05, 4.69) is 5.32 Å². The highest BCUT2D eigenvalue weighted by Crippen LogP contribution is 2.24. The molecule has 2 atom stereocenters. The Kier molecular flexibility index (Phi) is 14.2. The van der Waals surface area contributed by atoms with E-state index in [0.717, 1.165) is 11.1 Å². The van der Waals surface area contributed by atoms with Gasteiger partial charge in [-0.2, -0.15) is 0 Å². The molecule has 0 heterocycles. The van der Waals surface area contributed by atoms with Crippen LogP contribution >= 0.6 is 0 Å². The SMILES string of the molecule is COc1ccc(N(C)C(=O)[C@@H](CC(=O)CCCCC(=O)N[C@@H](Cc2ccccc2)C(=O)N(C)c2ccc(OC)cc2)Cc2ccccc2)cc1. The molecule has 1 N–H and O–H groups in total. The Labute approximate surface area is 295 Å². The normalized spacial score (nSPS) is 11.9. The van der Waals surface area contributed by atoms with Crippen LogP contribution in [-0.4, -0.2) is 57.9 Å². The zero-order valence-corrected chi connectivity index (χ0v) is 29.3. The second-order valence-corrected chi connectivity index (χ2v) is 12.3. The number of carbonyl (C=O) groups excluding carboxylic acids is 4. The fourth-order valence-electron chi connectivity index (χ4n) is 5.82. The van der Waals surface area contributed by atoms with Crippen LogP contribution in [0.1, 0.15) is 43.2 Å². The highest BCUT2D eigenvalue weighted by Gasteiger charge is 2.27. The van der Waals surface area contributed by atoms with Gasteiger partial charge in [0.1, 0.15) is 23.3 Å². The monoisotopic (exact) mass is 677 g/mol. The lowest BCUT2D eigenvalue weighted by Gasteiger charge is -2.25. The Morgan fingerprint density at radius 3 is 1.56 bits per heavy atom. The molecular formula is C41H47N3O6. The molecule has 0 spiro atoms. The minimum atomic E-state index is -0.772. The zero-order chi connectivity index (χ0) is 35.9. The summed E-state index contributed by atoms with van der Waals surface area (Å²) in [5, 5.41) is 2.94. The first-order chi connectivity index (χ1) is 24.2. The van der Waals surface area contributed by atoms with Crippen LogP contribution in [0, 0.1) is 5.92 Å². The van der Waals surface area contributed by atoms with Gasteiger partial charge >= 0.3 is 0 Å². The van der Waals surface area contributed by atoms with Gasteiger partial charge < -0.3 is 24.6 Å². The smallest absolute Gasteiger partial charge is 0.249 e. The van der Waals surface area contributed by atoms with E-state index in [4.69, 9.17) is 9.47 Å². The lowest BCUT2D eigenvalue weighted by Crippen LogP contribution is -2.48. The summed E-state index contributed by atoms with van der Waals surface area (Å²) >= 11 is 0. The van der Waals surface area contributed by atoms with Crippen LogP contribution in [0.2, 0.25) is 0 Å². The average Bonchev–Trinajstić information content (AvgIpc) is 3.15. The molecular weight excluding hydrogens is 630 g/mol. The second kappa shape index (κ2) is 18.9. The average molecular weight is 678 g/mol. The number of hydrogen-bond donors (Lipinski definition) is 1. The molecule has 0 fully saturated rings. The van der Waals surface area contributed by atoms with Crippen molar-refractivity contribution in [2.75, 3.05) is 38.1 Å². The molecule has 0 aliphatic carbocycles. The molecule has 0 aliphatic heterocycles. The van der Waals surface area contributed by atoms with Crippen molar-refractivity contribution in [3.8, 4) is 11.5 Å². The fourth-order valence-corrected chi connectivity index (χ4v) is 5.82. The minimum Gasteiger partial charge on any atom is -0.497 e. The zero-order valence-electron chi connectivity index (χ0n) is 29.3. The van der Waals surface area contributed by atoms with Gasteiger partial charge in [-0.3, -0.25) is 19.2 Å². The Hall–Kier alpha value is -5.44. The van der Waals surface area contributed by atoms with Crippen LogP contribution in [0.5, 0.6) is 11.5 Å². The van der Waals surface area contributed by atoms with E-state index in [1.54, 1.807) is 69.6 Å². The Balaban J connectivity index is 1.33. The molecule has 0 bridgehead atoms. The first-order valence-corrected chi connectivity index (χ1v) is 16.9. The van der Waals surface area contributed by atoms with Gasteiger partial charge in [0, 0.05) is 57.1 Å². The molecule has 9 nitrogen and oxygen atoms in total. The number of anilines is 2. The van der Waals surface area contributed by atoms with Gasteiger partial charge in [-0.1, -0.05) is 60.7 Å². The molecule has 262 valence electrons. The van der Waals surface area contributed by atoms with Crippen LogP contribution in [0.4, 0.5) is 11.4 Å². The summed E-state index contributed by atoms with van der Waals surface area (Å²) in [6, 6.07) is 32.9. The van der Waals surface area contributed by atoms with Crippen LogP contribution in [0.3, 0.4) is 0 Å². The number of amides is 3. The van der Waals surface area contributed by atoms with Gasteiger partial charge in [0.05, 0.1) is 14.2 Å². The third-order valence-corrected chi connectivity index (χ3v) is 8.75. The van der Waals surface area contributed by atoms with Crippen LogP contribution in [0.15, 0.2) is 109 Å². The van der Waals surface area contributed by atoms with Crippen LogP contribution in [0.25, 0.3) is 0 Å². The maximum atomic E-state index is 13.7. The van der Waals surface area contributed by atoms with Gasteiger partial charge in [0.25, 0.3) is 0 Å². The van der Waals surface area contributed by atoms with Crippen molar-refractivity contribution in [3.63, 3.8) is 0 Å².